The van der Waals surface area contributed by atoms with Crippen molar-refractivity contribution in [2.24, 2.45) is 0 Å². The third kappa shape index (κ3) is 4.44. The summed E-state index contributed by atoms with van der Waals surface area (Å²) in [6.45, 7) is 6.55. The first kappa shape index (κ1) is 13.5. The zero-order valence-corrected chi connectivity index (χ0v) is 9.89. The molecule has 0 bridgehead atoms. The van der Waals surface area contributed by atoms with Crippen LogP contribution in [-0.4, -0.2) is 53.8 Å². The van der Waals surface area contributed by atoms with Crippen LogP contribution in [0.3, 0.4) is 0 Å². The number of ether oxygens (including phenoxy) is 1. The normalized spacial score (nSPS) is 21.7. The number of hydrogen-bond acceptors (Lipinski definition) is 3. The predicted octanol–water partition coefficient (Wildman–Crippen LogP) is 0.446. The number of carboxylic acids is 1. The molecule has 0 aromatic rings. The molecule has 1 heterocycles. The SMILES string of the molecule is C=CC(C)NC(=O)N1CCOC(CC(=O)O)C1. The quantitative estimate of drug-likeness (QED) is 0.701. The zero-order chi connectivity index (χ0) is 12.8. The van der Waals surface area contributed by atoms with Gasteiger partial charge in [-0.3, -0.25) is 4.79 Å². The highest BCUT2D eigenvalue weighted by Crippen LogP contribution is 2.09. The van der Waals surface area contributed by atoms with E-state index in [-0.39, 0.29) is 18.5 Å². The van der Waals surface area contributed by atoms with E-state index in [9.17, 15) is 9.59 Å². The summed E-state index contributed by atoms with van der Waals surface area (Å²) in [5.74, 6) is -0.920. The van der Waals surface area contributed by atoms with Gasteiger partial charge in [-0.25, -0.2) is 4.79 Å². The fraction of sp³-hybridized carbons (Fsp3) is 0.636. The minimum atomic E-state index is -0.920. The zero-order valence-electron chi connectivity index (χ0n) is 9.89. The Bertz CT molecular complexity index is 306. The number of morpholine rings is 1. The summed E-state index contributed by atoms with van der Waals surface area (Å²) in [5.41, 5.74) is 0. The molecule has 2 N–H and O–H groups in total. The average molecular weight is 242 g/mol. The first-order valence-electron chi connectivity index (χ1n) is 5.54. The van der Waals surface area contributed by atoms with Crippen molar-refractivity contribution >= 4 is 12.0 Å². The maximum atomic E-state index is 11.8. The molecule has 96 valence electrons. The average Bonchev–Trinajstić information content (AvgIpc) is 2.28. The second-order valence-corrected chi connectivity index (χ2v) is 4.01. The van der Waals surface area contributed by atoms with Gasteiger partial charge in [-0.05, 0) is 6.92 Å². The highest BCUT2D eigenvalue weighted by molar-refractivity contribution is 5.75. The number of nitrogens with one attached hydrogen (secondary N) is 1. The van der Waals surface area contributed by atoms with Gasteiger partial charge in [-0.15, -0.1) is 6.58 Å². The Labute approximate surface area is 100 Å². The Morgan fingerprint density at radius 1 is 1.71 bits per heavy atom. The van der Waals surface area contributed by atoms with Crippen molar-refractivity contribution in [3.05, 3.63) is 12.7 Å². The summed E-state index contributed by atoms with van der Waals surface area (Å²) in [5, 5.41) is 11.4. The molecule has 1 aliphatic heterocycles. The molecule has 1 fully saturated rings. The summed E-state index contributed by atoms with van der Waals surface area (Å²) in [6.07, 6.45) is 1.12. The highest BCUT2D eigenvalue weighted by atomic mass is 16.5. The molecule has 1 saturated heterocycles. The van der Waals surface area contributed by atoms with E-state index in [0.29, 0.717) is 19.7 Å². The molecule has 0 aromatic heterocycles. The highest BCUT2D eigenvalue weighted by Gasteiger charge is 2.26. The lowest BCUT2D eigenvalue weighted by molar-refractivity contribution is -0.141. The van der Waals surface area contributed by atoms with Crippen LogP contribution in [0.1, 0.15) is 13.3 Å². The fourth-order valence-corrected chi connectivity index (χ4v) is 1.57. The van der Waals surface area contributed by atoms with Crippen molar-refractivity contribution in [2.45, 2.75) is 25.5 Å². The molecule has 17 heavy (non-hydrogen) atoms. The van der Waals surface area contributed by atoms with Crippen molar-refractivity contribution in [1.29, 1.82) is 0 Å². The minimum Gasteiger partial charge on any atom is -0.481 e. The van der Waals surface area contributed by atoms with Gasteiger partial charge in [0.15, 0.2) is 0 Å². The van der Waals surface area contributed by atoms with Gasteiger partial charge in [0.1, 0.15) is 0 Å². The second kappa shape index (κ2) is 6.24. The van der Waals surface area contributed by atoms with Crippen LogP contribution < -0.4 is 5.32 Å². The van der Waals surface area contributed by atoms with E-state index in [0.717, 1.165) is 0 Å². The monoisotopic (exact) mass is 242 g/mol. The number of nitrogens with zero attached hydrogens (tertiary/aromatic N) is 1. The Morgan fingerprint density at radius 3 is 3.00 bits per heavy atom. The van der Waals surface area contributed by atoms with E-state index >= 15 is 0 Å². The lowest BCUT2D eigenvalue weighted by Crippen LogP contribution is -2.51. The van der Waals surface area contributed by atoms with Gasteiger partial charge in [0.05, 0.1) is 19.1 Å². The first-order valence-corrected chi connectivity index (χ1v) is 5.54. The molecule has 1 aliphatic rings. The molecule has 2 amide bonds. The largest absolute Gasteiger partial charge is 0.481 e. The first-order chi connectivity index (χ1) is 8.02. The molecule has 0 aliphatic carbocycles. The van der Waals surface area contributed by atoms with Crippen molar-refractivity contribution in [3.63, 3.8) is 0 Å². The van der Waals surface area contributed by atoms with E-state index in [4.69, 9.17) is 9.84 Å². The van der Waals surface area contributed by atoms with Crippen molar-refractivity contribution < 1.29 is 19.4 Å². The van der Waals surface area contributed by atoms with Crippen molar-refractivity contribution in [3.8, 4) is 0 Å². The molecule has 2 unspecified atom stereocenters. The van der Waals surface area contributed by atoms with Crippen molar-refractivity contribution in [1.82, 2.24) is 10.2 Å². The Kier molecular flexibility index (Phi) is 4.96. The van der Waals surface area contributed by atoms with E-state index in [2.05, 4.69) is 11.9 Å². The number of amides is 2. The molecule has 0 radical (unpaired) electrons. The molecule has 1 rings (SSSR count). The standard InChI is InChI=1S/C11H18N2O4/c1-3-8(2)12-11(16)13-4-5-17-9(7-13)6-10(14)15/h3,8-9H,1,4-7H2,2H3,(H,12,16)(H,14,15). The maximum Gasteiger partial charge on any atom is 0.318 e. The topological polar surface area (TPSA) is 78.9 Å². The van der Waals surface area contributed by atoms with E-state index < -0.39 is 12.1 Å². The minimum absolute atomic E-state index is 0.0825. The smallest absolute Gasteiger partial charge is 0.318 e. The molecule has 0 saturated carbocycles. The molecular weight excluding hydrogens is 224 g/mol. The van der Waals surface area contributed by atoms with Gasteiger partial charge in [-0.1, -0.05) is 6.08 Å². The van der Waals surface area contributed by atoms with Crippen molar-refractivity contribution in [2.75, 3.05) is 19.7 Å². The van der Waals surface area contributed by atoms with Gasteiger partial charge >= 0.3 is 12.0 Å². The molecule has 2 atom stereocenters. The van der Waals surface area contributed by atoms with E-state index in [1.54, 1.807) is 11.0 Å². The van der Waals surface area contributed by atoms with Crippen LogP contribution in [-0.2, 0) is 9.53 Å². The lowest BCUT2D eigenvalue weighted by Gasteiger charge is -2.32. The van der Waals surface area contributed by atoms with Crippen LogP contribution in [0.25, 0.3) is 0 Å². The lowest BCUT2D eigenvalue weighted by atomic mass is 10.2. The fourth-order valence-electron chi connectivity index (χ4n) is 1.57. The number of carboxylic acid groups (broad SMARTS) is 1. The Morgan fingerprint density at radius 2 is 2.41 bits per heavy atom. The Balaban J connectivity index is 2.45. The third-order valence-corrected chi connectivity index (χ3v) is 2.53. The van der Waals surface area contributed by atoms with E-state index in [1.807, 2.05) is 6.92 Å². The van der Waals surface area contributed by atoms with Gasteiger partial charge in [0, 0.05) is 19.1 Å². The number of carbonyl (C=O) groups excluding carboxylic acids is 1. The van der Waals surface area contributed by atoms with Gasteiger partial charge < -0.3 is 20.1 Å². The van der Waals surface area contributed by atoms with Crippen LogP contribution in [0.5, 0.6) is 0 Å². The molecular formula is C11H18N2O4. The second-order valence-electron chi connectivity index (χ2n) is 4.01. The molecule has 0 spiro atoms. The molecule has 0 aromatic carbocycles. The van der Waals surface area contributed by atoms with Crippen LogP contribution in [0.4, 0.5) is 4.79 Å². The number of urea groups is 1. The number of hydrogen-bond donors (Lipinski definition) is 2. The van der Waals surface area contributed by atoms with Crippen LogP contribution in [0.2, 0.25) is 0 Å². The van der Waals surface area contributed by atoms with E-state index in [1.165, 1.54) is 0 Å². The Hall–Kier alpha value is -1.56. The number of rotatable bonds is 4. The van der Waals surface area contributed by atoms with Gasteiger partial charge in [0.25, 0.3) is 0 Å². The number of carbonyl (C=O) groups is 2. The van der Waals surface area contributed by atoms with Crippen LogP contribution in [0.15, 0.2) is 12.7 Å². The maximum absolute atomic E-state index is 11.8. The van der Waals surface area contributed by atoms with Crippen LogP contribution in [0, 0.1) is 0 Å². The summed E-state index contributed by atoms with van der Waals surface area (Å²) >= 11 is 0. The van der Waals surface area contributed by atoms with Gasteiger partial charge in [-0.2, -0.15) is 0 Å². The predicted molar refractivity (Wildman–Crippen MR) is 61.8 cm³/mol. The molecule has 6 nitrogen and oxygen atoms in total. The summed E-state index contributed by atoms with van der Waals surface area (Å²) in [6, 6.07) is -0.320. The summed E-state index contributed by atoms with van der Waals surface area (Å²) < 4.78 is 5.28. The molecule has 6 heteroatoms. The summed E-state index contributed by atoms with van der Waals surface area (Å²) in [7, 11) is 0. The summed E-state index contributed by atoms with van der Waals surface area (Å²) in [4.78, 5) is 23.9. The third-order valence-electron chi connectivity index (χ3n) is 2.53. The van der Waals surface area contributed by atoms with Gasteiger partial charge in [0.2, 0.25) is 0 Å². The van der Waals surface area contributed by atoms with Crippen LogP contribution >= 0.6 is 0 Å². The number of aliphatic carboxylic acids is 1.